The first-order valence-corrected chi connectivity index (χ1v) is 7.92. The average molecular weight is 301 g/mol. The number of rotatable bonds is 7. The van der Waals surface area contributed by atoms with Gasteiger partial charge in [-0.1, -0.05) is 43.0 Å². The first-order chi connectivity index (χ1) is 8.82. The van der Waals surface area contributed by atoms with Gasteiger partial charge in [-0.2, -0.15) is 0 Å². The molecule has 0 heterocycles. The maximum Gasteiger partial charge on any atom is 0.104 e. The number of nitrogens with two attached hydrogens (primary N) is 1. The fourth-order valence-corrected chi connectivity index (χ4v) is 2.84. The molecule has 0 spiro atoms. The van der Waals surface area contributed by atoms with Gasteiger partial charge in [0.25, 0.3) is 0 Å². The van der Waals surface area contributed by atoms with Crippen LogP contribution in [0.5, 0.6) is 0 Å². The van der Waals surface area contributed by atoms with Crippen molar-refractivity contribution in [2.45, 2.75) is 5.75 Å². The molecule has 0 atom stereocenters. The topological polar surface area (TPSA) is 78.7 Å². The van der Waals surface area contributed by atoms with Crippen LogP contribution in [0.3, 0.4) is 0 Å². The highest BCUT2D eigenvalue weighted by atomic mass is 32.2. The molecule has 0 aliphatic heterocycles. The minimum absolute atomic E-state index is 0.163. The fraction of sp³-hybridized carbons (Fsp3) is 0.417. The van der Waals surface area contributed by atoms with Crippen LogP contribution >= 0.6 is 12.2 Å². The van der Waals surface area contributed by atoms with Gasteiger partial charge in [-0.05, 0) is 5.56 Å². The number of nitrogens with one attached hydrogen (secondary N) is 1. The van der Waals surface area contributed by atoms with Crippen LogP contribution in [0.25, 0.3) is 4.72 Å². The second kappa shape index (κ2) is 6.95. The second-order valence-electron chi connectivity index (χ2n) is 4.56. The highest BCUT2D eigenvalue weighted by Crippen LogP contribution is 2.15. The van der Waals surface area contributed by atoms with Crippen molar-refractivity contribution in [3.8, 4) is 0 Å². The number of benzene rings is 1. The second-order valence-corrected chi connectivity index (χ2v) is 6.71. The predicted octanol–water partition coefficient (Wildman–Crippen LogP) is -0.331. The van der Waals surface area contributed by atoms with Gasteiger partial charge >= 0.3 is 0 Å². The first-order valence-electron chi connectivity index (χ1n) is 5.90. The van der Waals surface area contributed by atoms with E-state index in [1.165, 1.54) is 0 Å². The third kappa shape index (κ3) is 5.65. The van der Waals surface area contributed by atoms with Crippen LogP contribution in [0, 0.1) is 0 Å². The predicted molar refractivity (Wildman–Crippen MR) is 80.9 cm³/mol. The molecule has 0 bridgehead atoms. The lowest BCUT2D eigenvalue weighted by Crippen LogP contribution is -3.06. The van der Waals surface area contributed by atoms with Gasteiger partial charge in [-0.15, -0.1) is 0 Å². The van der Waals surface area contributed by atoms with Crippen molar-refractivity contribution in [1.82, 2.24) is 0 Å². The Hall–Kier alpha value is -1.02. The van der Waals surface area contributed by atoms with Crippen molar-refractivity contribution in [2.75, 3.05) is 27.2 Å². The Bertz CT molecular complexity index is 542. The van der Waals surface area contributed by atoms with E-state index in [1.54, 1.807) is 24.3 Å². The Morgan fingerprint density at radius 2 is 2.00 bits per heavy atom. The summed E-state index contributed by atoms with van der Waals surface area (Å²) in [5.41, 5.74) is 6.76. The summed E-state index contributed by atoms with van der Waals surface area (Å²) in [6.07, 6.45) is 0. The first kappa shape index (κ1) is 16.0. The number of hydrogen-bond donors (Lipinski definition) is 2. The highest BCUT2D eigenvalue weighted by molar-refractivity contribution is 7.93. The van der Waals surface area contributed by atoms with Crippen LogP contribution in [0.1, 0.15) is 11.1 Å². The van der Waals surface area contributed by atoms with Crippen molar-refractivity contribution in [3.05, 3.63) is 40.1 Å². The van der Waals surface area contributed by atoms with Crippen molar-refractivity contribution < 1.29 is 13.3 Å². The third-order valence-corrected chi connectivity index (χ3v) is 3.99. The van der Waals surface area contributed by atoms with E-state index in [0.29, 0.717) is 24.2 Å². The minimum atomic E-state index is -3.49. The lowest BCUT2D eigenvalue weighted by atomic mass is 10.1. The maximum absolute atomic E-state index is 11.9. The summed E-state index contributed by atoms with van der Waals surface area (Å²) < 4.78 is 27.6. The summed E-state index contributed by atoms with van der Waals surface area (Å²) in [5, 5.41) is 0. The van der Waals surface area contributed by atoms with E-state index < -0.39 is 10.0 Å². The lowest BCUT2D eigenvalue weighted by Gasteiger charge is -2.21. The normalized spacial score (nSPS) is 11.7. The van der Waals surface area contributed by atoms with E-state index in [9.17, 15) is 8.42 Å². The Morgan fingerprint density at radius 3 is 2.58 bits per heavy atom. The molecule has 0 amide bonds. The summed E-state index contributed by atoms with van der Waals surface area (Å²) in [5.74, 6) is -0.163. The Kier molecular flexibility index (Phi) is 5.86. The van der Waals surface area contributed by atoms with E-state index in [1.807, 2.05) is 14.1 Å². The van der Waals surface area contributed by atoms with Gasteiger partial charge in [0.15, 0.2) is 0 Å². The molecule has 0 unspecified atom stereocenters. The third-order valence-electron chi connectivity index (χ3n) is 2.52. The van der Waals surface area contributed by atoms with Crippen LogP contribution in [-0.2, 0) is 15.8 Å². The molecule has 0 aliphatic rings. The van der Waals surface area contributed by atoms with E-state index in [2.05, 4.69) is 4.72 Å². The number of quaternary nitrogens is 1. The van der Waals surface area contributed by atoms with Gasteiger partial charge < -0.3 is 15.4 Å². The van der Waals surface area contributed by atoms with Crippen LogP contribution < -0.4 is 10.6 Å². The lowest BCUT2D eigenvalue weighted by molar-refractivity contribution is -0.856. The van der Waals surface area contributed by atoms with E-state index in [0.717, 1.165) is 4.90 Å². The molecule has 19 heavy (non-hydrogen) atoms. The van der Waals surface area contributed by atoms with Crippen molar-refractivity contribution in [3.63, 3.8) is 0 Å². The molecular formula is C12H19N3O2S2. The quantitative estimate of drug-likeness (QED) is 0.676. The van der Waals surface area contributed by atoms with Crippen molar-refractivity contribution in [2.24, 2.45) is 5.73 Å². The molecule has 1 aromatic rings. The average Bonchev–Trinajstić information content (AvgIpc) is 2.27. The fourth-order valence-electron chi connectivity index (χ4n) is 1.54. The minimum Gasteiger partial charge on any atom is -0.544 e. The monoisotopic (exact) mass is 301 g/mol. The van der Waals surface area contributed by atoms with Crippen LogP contribution in [-0.4, -0.2) is 40.6 Å². The molecule has 0 saturated carbocycles. The number of likely N-dealkylation sites (N-methyl/N-ethyl adjacent to an activating group) is 1. The molecule has 0 aromatic heterocycles. The van der Waals surface area contributed by atoms with Crippen LogP contribution in [0.2, 0.25) is 0 Å². The van der Waals surface area contributed by atoms with E-state index >= 15 is 0 Å². The Labute approximate surface area is 119 Å². The molecule has 0 radical (unpaired) electrons. The van der Waals surface area contributed by atoms with Crippen molar-refractivity contribution in [1.29, 1.82) is 0 Å². The van der Waals surface area contributed by atoms with Crippen molar-refractivity contribution >= 4 is 27.2 Å². The summed E-state index contributed by atoms with van der Waals surface area (Å²) >= 11 is 4.91. The zero-order chi connectivity index (χ0) is 14.5. The van der Waals surface area contributed by atoms with E-state index in [-0.39, 0.29) is 10.7 Å². The van der Waals surface area contributed by atoms with E-state index in [4.69, 9.17) is 18.0 Å². The number of hydrogen-bond acceptors (Lipinski definition) is 3. The molecule has 106 valence electrons. The molecule has 0 aliphatic carbocycles. The Morgan fingerprint density at radius 1 is 1.37 bits per heavy atom. The molecule has 3 N–H and O–H groups in total. The smallest absolute Gasteiger partial charge is 0.104 e. The summed E-state index contributed by atoms with van der Waals surface area (Å²) in [6.45, 7) is 0.968. The summed E-state index contributed by atoms with van der Waals surface area (Å²) in [4.78, 5) is 1.35. The number of thiocarbonyl (C=S) groups is 1. The molecular weight excluding hydrogens is 282 g/mol. The van der Waals surface area contributed by atoms with Gasteiger partial charge in [0, 0.05) is 5.56 Å². The van der Waals surface area contributed by atoms with Gasteiger partial charge in [-0.25, -0.2) is 8.42 Å². The summed E-state index contributed by atoms with van der Waals surface area (Å²) in [7, 11) is 0.408. The number of nitrogens with zero attached hydrogens (tertiary/aromatic N) is 1. The molecule has 7 heteroatoms. The molecule has 1 aromatic carbocycles. The van der Waals surface area contributed by atoms with Gasteiger partial charge in [0.1, 0.15) is 4.99 Å². The van der Waals surface area contributed by atoms with Gasteiger partial charge in [-0.3, -0.25) is 0 Å². The van der Waals surface area contributed by atoms with Crippen LogP contribution in [0.15, 0.2) is 24.3 Å². The zero-order valence-corrected chi connectivity index (χ0v) is 12.7. The van der Waals surface area contributed by atoms with Crippen LogP contribution in [0.4, 0.5) is 0 Å². The maximum atomic E-state index is 11.9. The summed E-state index contributed by atoms with van der Waals surface area (Å²) in [6, 6.07) is 6.96. The molecule has 1 rings (SSSR count). The molecule has 0 fully saturated rings. The zero-order valence-electron chi connectivity index (χ0n) is 11.1. The number of sulfonamides is 1. The Balaban J connectivity index is 2.76. The standard InChI is InChI=1S/C12H18N3O2S2/c1-15(2)8-7-14-19(16,17)9-10-5-3-4-6-11(10)12(13)18/h3-6H,7-9H2,1-2H3,(H2,13,18)/q-1/p+1. The van der Waals surface area contributed by atoms with Gasteiger partial charge in [0.2, 0.25) is 0 Å². The van der Waals surface area contributed by atoms with Gasteiger partial charge in [0.05, 0.1) is 36.4 Å². The molecule has 5 nitrogen and oxygen atoms in total. The largest absolute Gasteiger partial charge is 0.544 e. The highest BCUT2D eigenvalue weighted by Gasteiger charge is 2.08. The SMILES string of the molecule is C[NH+](C)CC[N-]S(=O)(=O)Cc1ccccc1C(N)=S. The molecule has 0 saturated heterocycles.